The van der Waals surface area contributed by atoms with Crippen molar-refractivity contribution in [1.29, 1.82) is 0 Å². The Balaban J connectivity index is 1.93. The highest BCUT2D eigenvalue weighted by molar-refractivity contribution is 7.07. The molecule has 35 heavy (non-hydrogen) atoms. The maximum Gasteiger partial charge on any atom is 0.338 e. The minimum atomic E-state index is -0.785. The lowest BCUT2D eigenvalue weighted by molar-refractivity contribution is -0.385. The van der Waals surface area contributed by atoms with E-state index in [2.05, 4.69) is 4.99 Å². The lowest BCUT2D eigenvalue weighted by Crippen LogP contribution is -2.39. The summed E-state index contributed by atoms with van der Waals surface area (Å²) in [5, 5.41) is 20.9. The van der Waals surface area contributed by atoms with Gasteiger partial charge in [-0.05, 0) is 49.2 Å². The molecule has 0 amide bonds. The lowest BCUT2D eigenvalue weighted by Gasteiger charge is -2.24. The Morgan fingerprint density at radius 1 is 1.29 bits per heavy atom. The molecule has 11 heteroatoms. The van der Waals surface area contributed by atoms with Gasteiger partial charge in [0.15, 0.2) is 10.6 Å². The monoisotopic (exact) mass is 495 g/mol. The van der Waals surface area contributed by atoms with E-state index >= 15 is 0 Å². The SMILES string of the molecule is CCOC(=O)C1=C(C)N=c2s/c(=C/c3ccc(O)c([N+](=O)[O-])c3)c(=O)n2[C@H]1c1ccc(OC)cc1. The number of esters is 1. The summed E-state index contributed by atoms with van der Waals surface area (Å²) in [4.78, 5) is 41.8. The lowest BCUT2D eigenvalue weighted by atomic mass is 9.96. The molecule has 2 aromatic carbocycles. The first kappa shape index (κ1) is 23.9. The number of fused-ring (bicyclic) bond motifs is 1. The van der Waals surface area contributed by atoms with Crippen molar-refractivity contribution < 1.29 is 24.3 Å². The topological polar surface area (TPSA) is 133 Å². The predicted octanol–water partition coefficient (Wildman–Crippen LogP) is 2.42. The fourth-order valence-electron chi connectivity index (χ4n) is 3.82. The normalized spacial score (nSPS) is 15.4. The van der Waals surface area contributed by atoms with Crippen LogP contribution < -0.4 is 19.6 Å². The van der Waals surface area contributed by atoms with Crippen molar-refractivity contribution in [3.8, 4) is 11.5 Å². The van der Waals surface area contributed by atoms with E-state index in [-0.39, 0.29) is 16.7 Å². The van der Waals surface area contributed by atoms with E-state index in [4.69, 9.17) is 9.47 Å². The van der Waals surface area contributed by atoms with Crippen molar-refractivity contribution >= 4 is 29.1 Å². The number of ether oxygens (including phenoxy) is 2. The highest BCUT2D eigenvalue weighted by atomic mass is 32.1. The van der Waals surface area contributed by atoms with Crippen LogP contribution in [-0.4, -0.2) is 34.3 Å². The number of aromatic hydroxyl groups is 1. The molecule has 180 valence electrons. The zero-order valence-electron chi connectivity index (χ0n) is 19.0. The summed E-state index contributed by atoms with van der Waals surface area (Å²) < 4.78 is 12.2. The number of allylic oxidation sites excluding steroid dienone is 1. The molecule has 0 saturated carbocycles. The number of benzene rings is 2. The van der Waals surface area contributed by atoms with Crippen molar-refractivity contribution in [2.45, 2.75) is 19.9 Å². The van der Waals surface area contributed by atoms with Gasteiger partial charge in [-0.2, -0.15) is 0 Å². The number of nitro benzene ring substituents is 1. The Morgan fingerprint density at radius 2 is 2.00 bits per heavy atom. The number of aromatic nitrogens is 1. The van der Waals surface area contributed by atoms with Gasteiger partial charge in [0.2, 0.25) is 0 Å². The van der Waals surface area contributed by atoms with E-state index in [0.29, 0.717) is 27.4 Å². The van der Waals surface area contributed by atoms with Crippen molar-refractivity contribution in [2.75, 3.05) is 13.7 Å². The molecular formula is C24H21N3O7S. The molecule has 0 aliphatic carbocycles. The number of methoxy groups -OCH3 is 1. The molecule has 10 nitrogen and oxygen atoms in total. The van der Waals surface area contributed by atoms with Gasteiger partial charge in [0.1, 0.15) is 5.75 Å². The molecule has 1 aromatic heterocycles. The molecule has 1 N–H and O–H groups in total. The van der Waals surface area contributed by atoms with Gasteiger partial charge in [-0.15, -0.1) is 0 Å². The number of thiazole rings is 1. The fourth-order valence-corrected chi connectivity index (χ4v) is 4.87. The molecule has 3 aromatic rings. The average molecular weight is 496 g/mol. The average Bonchev–Trinajstić information content (AvgIpc) is 3.13. The van der Waals surface area contributed by atoms with E-state index in [1.807, 2.05) is 0 Å². The second kappa shape index (κ2) is 9.55. The van der Waals surface area contributed by atoms with Crippen molar-refractivity contribution in [3.05, 3.63) is 94.7 Å². The quantitative estimate of drug-likeness (QED) is 0.315. The first-order chi connectivity index (χ1) is 16.7. The van der Waals surface area contributed by atoms with Crippen LogP contribution in [0, 0.1) is 10.1 Å². The third kappa shape index (κ3) is 4.45. The maximum atomic E-state index is 13.5. The Morgan fingerprint density at radius 3 is 2.63 bits per heavy atom. The van der Waals surface area contributed by atoms with Crippen LogP contribution in [0.4, 0.5) is 5.69 Å². The molecule has 2 heterocycles. The molecule has 4 rings (SSSR count). The summed E-state index contributed by atoms with van der Waals surface area (Å²) in [5.41, 5.74) is 0.814. The van der Waals surface area contributed by atoms with Crippen molar-refractivity contribution in [1.82, 2.24) is 4.57 Å². The van der Waals surface area contributed by atoms with Crippen LogP contribution in [-0.2, 0) is 9.53 Å². The van der Waals surface area contributed by atoms with E-state index in [1.54, 1.807) is 45.2 Å². The smallest absolute Gasteiger partial charge is 0.338 e. The third-order valence-corrected chi connectivity index (χ3v) is 6.43. The molecule has 1 atom stereocenters. The van der Waals surface area contributed by atoms with Crippen LogP contribution in [0.15, 0.2) is 63.5 Å². The number of phenolic OH excluding ortho intramolecular Hbond substituents is 1. The molecule has 1 aliphatic rings. The number of hydrogen-bond acceptors (Lipinski definition) is 9. The molecule has 1 aliphatic heterocycles. The van der Waals surface area contributed by atoms with Crippen LogP contribution in [0.2, 0.25) is 0 Å². The molecule has 0 unspecified atom stereocenters. The van der Waals surface area contributed by atoms with E-state index in [0.717, 1.165) is 11.3 Å². The molecule has 0 radical (unpaired) electrons. The second-order valence-electron chi connectivity index (χ2n) is 7.58. The summed E-state index contributed by atoms with van der Waals surface area (Å²) in [6.45, 7) is 3.54. The summed E-state index contributed by atoms with van der Waals surface area (Å²) in [5.74, 6) is -0.422. The molecular weight excluding hydrogens is 474 g/mol. The maximum absolute atomic E-state index is 13.5. The molecule has 0 bridgehead atoms. The molecule has 0 fully saturated rings. The van der Waals surface area contributed by atoms with Gasteiger partial charge >= 0.3 is 11.7 Å². The number of nitrogens with zero attached hydrogens (tertiary/aromatic N) is 3. The summed E-state index contributed by atoms with van der Waals surface area (Å²) in [6.07, 6.45) is 1.49. The summed E-state index contributed by atoms with van der Waals surface area (Å²) >= 11 is 1.10. The van der Waals surface area contributed by atoms with Crippen LogP contribution in [0.5, 0.6) is 11.5 Å². The Labute approximate surface area is 202 Å². The second-order valence-corrected chi connectivity index (χ2v) is 8.59. The highest BCUT2D eigenvalue weighted by Crippen LogP contribution is 2.31. The molecule has 0 saturated heterocycles. The Bertz CT molecular complexity index is 1530. The number of rotatable bonds is 6. The summed E-state index contributed by atoms with van der Waals surface area (Å²) in [6, 6.07) is 10.1. The minimum Gasteiger partial charge on any atom is -0.502 e. The zero-order valence-corrected chi connectivity index (χ0v) is 19.9. The van der Waals surface area contributed by atoms with E-state index in [1.165, 1.54) is 28.8 Å². The van der Waals surface area contributed by atoms with Crippen LogP contribution in [0.3, 0.4) is 0 Å². The van der Waals surface area contributed by atoms with Gasteiger partial charge in [-0.3, -0.25) is 19.5 Å². The van der Waals surface area contributed by atoms with Gasteiger partial charge in [0.25, 0.3) is 5.56 Å². The third-order valence-electron chi connectivity index (χ3n) is 5.44. The fraction of sp³-hybridized carbons (Fsp3) is 0.208. The predicted molar refractivity (Wildman–Crippen MR) is 128 cm³/mol. The van der Waals surface area contributed by atoms with Crippen molar-refractivity contribution in [2.24, 2.45) is 4.99 Å². The van der Waals surface area contributed by atoms with Crippen LogP contribution in [0.25, 0.3) is 6.08 Å². The number of carbonyl (C=O) groups is 1. The van der Waals surface area contributed by atoms with Gasteiger partial charge in [-0.25, -0.2) is 9.79 Å². The van der Waals surface area contributed by atoms with Crippen LogP contribution >= 0.6 is 11.3 Å². The van der Waals surface area contributed by atoms with Crippen LogP contribution in [0.1, 0.15) is 31.0 Å². The Kier molecular flexibility index (Phi) is 6.52. The minimum absolute atomic E-state index is 0.162. The van der Waals surface area contributed by atoms with Gasteiger partial charge in [-0.1, -0.05) is 29.5 Å². The number of carbonyl (C=O) groups excluding carboxylic acids is 1. The van der Waals surface area contributed by atoms with E-state index < -0.39 is 33.9 Å². The van der Waals surface area contributed by atoms with Gasteiger partial charge in [0.05, 0.1) is 40.5 Å². The highest BCUT2D eigenvalue weighted by Gasteiger charge is 2.33. The van der Waals surface area contributed by atoms with Gasteiger partial charge < -0.3 is 14.6 Å². The first-order valence-electron chi connectivity index (χ1n) is 10.6. The molecule has 0 spiro atoms. The van der Waals surface area contributed by atoms with Crippen molar-refractivity contribution in [3.63, 3.8) is 0 Å². The van der Waals surface area contributed by atoms with Gasteiger partial charge in [0, 0.05) is 6.07 Å². The number of phenols is 1. The standard InChI is InChI=1S/C24H21N3O7S/c1-4-34-23(30)20-13(2)25-24-26(21(20)15-6-8-16(33-3)9-7-15)22(29)19(35-24)12-14-5-10-18(28)17(11-14)27(31)32/h5-12,21,28H,4H2,1-3H3/b19-12+/t21-/m0/s1. The zero-order chi connectivity index (χ0) is 25.3. The van der Waals surface area contributed by atoms with E-state index in [9.17, 15) is 24.8 Å². The first-order valence-corrected chi connectivity index (χ1v) is 11.4. The largest absolute Gasteiger partial charge is 0.502 e. The Hall–Kier alpha value is -4.25. The number of nitro groups is 1. The summed E-state index contributed by atoms with van der Waals surface area (Å²) in [7, 11) is 1.54. The number of hydrogen-bond donors (Lipinski definition) is 1.